The summed E-state index contributed by atoms with van der Waals surface area (Å²) in [4.78, 5) is 0. The predicted octanol–water partition coefficient (Wildman–Crippen LogP) is 1.67. The summed E-state index contributed by atoms with van der Waals surface area (Å²) in [7, 11) is -3.48. The molecule has 0 spiro atoms. The summed E-state index contributed by atoms with van der Waals surface area (Å²) < 4.78 is 34.5. The van der Waals surface area contributed by atoms with Gasteiger partial charge >= 0.3 is 0 Å². The molecule has 0 aromatic rings. The van der Waals surface area contributed by atoms with E-state index in [2.05, 4.69) is 6.92 Å². The topological polar surface area (TPSA) is 78.6 Å². The molecule has 2 unspecified atom stereocenters. The highest BCUT2D eigenvalue weighted by Gasteiger charge is 2.38. The zero-order chi connectivity index (χ0) is 14.6. The van der Waals surface area contributed by atoms with Crippen LogP contribution in [-0.4, -0.2) is 40.1 Å². The van der Waals surface area contributed by atoms with Gasteiger partial charge in [-0.25, -0.2) is 13.6 Å². The quantitative estimate of drug-likeness (QED) is 0.838. The highest BCUT2D eigenvalue weighted by Crippen LogP contribution is 2.34. The first-order chi connectivity index (χ1) is 9.40. The highest BCUT2D eigenvalue weighted by atomic mass is 32.2. The minimum absolute atomic E-state index is 0.00443. The van der Waals surface area contributed by atoms with Gasteiger partial charge in [0.1, 0.15) is 0 Å². The van der Waals surface area contributed by atoms with Crippen molar-refractivity contribution in [2.75, 3.05) is 25.6 Å². The van der Waals surface area contributed by atoms with E-state index in [4.69, 9.17) is 14.6 Å². The van der Waals surface area contributed by atoms with Crippen LogP contribution in [0.5, 0.6) is 0 Å². The van der Waals surface area contributed by atoms with Crippen molar-refractivity contribution in [2.24, 2.45) is 16.5 Å². The van der Waals surface area contributed by atoms with Gasteiger partial charge in [-0.15, -0.1) is 0 Å². The van der Waals surface area contributed by atoms with Gasteiger partial charge in [-0.05, 0) is 31.6 Å². The van der Waals surface area contributed by atoms with Crippen LogP contribution in [0.25, 0.3) is 0 Å². The molecule has 1 saturated carbocycles. The molecule has 5 nitrogen and oxygen atoms in total. The Hall–Kier alpha value is -0.170. The molecule has 0 bridgehead atoms. The third kappa shape index (κ3) is 4.69. The maximum Gasteiger partial charge on any atom is 0.209 e. The molecule has 0 aromatic heterocycles. The number of sulfonamides is 1. The molecule has 2 N–H and O–H groups in total. The Labute approximate surface area is 122 Å². The summed E-state index contributed by atoms with van der Waals surface area (Å²) in [6, 6.07) is 0. The lowest BCUT2D eigenvalue weighted by Gasteiger charge is -2.38. The molecular weight excluding hydrogens is 278 g/mol. The number of rotatable bonds is 5. The van der Waals surface area contributed by atoms with E-state index in [1.165, 1.54) is 19.3 Å². The Kier molecular flexibility index (Phi) is 5.45. The Bertz CT molecular complexity index is 403. The molecule has 2 rings (SSSR count). The molecular formula is C14H27NO4S. The van der Waals surface area contributed by atoms with Crippen LogP contribution < -0.4 is 5.14 Å². The first-order valence-corrected chi connectivity index (χ1v) is 9.32. The van der Waals surface area contributed by atoms with Crippen molar-refractivity contribution in [3.8, 4) is 0 Å². The lowest BCUT2D eigenvalue weighted by molar-refractivity contribution is -0.0757. The van der Waals surface area contributed by atoms with E-state index < -0.39 is 10.0 Å². The number of primary sulfonamides is 1. The van der Waals surface area contributed by atoms with Crippen LogP contribution in [0.3, 0.4) is 0 Å². The minimum atomic E-state index is -3.48. The van der Waals surface area contributed by atoms with Crippen molar-refractivity contribution in [2.45, 2.75) is 51.6 Å². The monoisotopic (exact) mass is 305 g/mol. The van der Waals surface area contributed by atoms with Crippen LogP contribution in [0.4, 0.5) is 0 Å². The summed E-state index contributed by atoms with van der Waals surface area (Å²) in [5, 5.41) is 5.26. The van der Waals surface area contributed by atoms with Gasteiger partial charge in [-0.2, -0.15) is 0 Å². The lowest BCUT2D eigenvalue weighted by Crippen LogP contribution is -2.43. The molecule has 20 heavy (non-hydrogen) atoms. The van der Waals surface area contributed by atoms with E-state index >= 15 is 0 Å². The molecule has 1 saturated heterocycles. The zero-order valence-electron chi connectivity index (χ0n) is 12.3. The first kappa shape index (κ1) is 16.2. The predicted molar refractivity (Wildman–Crippen MR) is 77.8 cm³/mol. The molecule has 2 atom stereocenters. The summed E-state index contributed by atoms with van der Waals surface area (Å²) in [5.41, 5.74) is -0.358. The molecule has 118 valence electrons. The molecule has 0 radical (unpaired) electrons. The molecule has 1 heterocycles. The van der Waals surface area contributed by atoms with Gasteiger partial charge in [0.25, 0.3) is 0 Å². The fourth-order valence-electron chi connectivity index (χ4n) is 3.38. The zero-order valence-corrected chi connectivity index (χ0v) is 13.2. The fraction of sp³-hybridized carbons (Fsp3) is 1.00. The molecule has 6 heteroatoms. The van der Waals surface area contributed by atoms with Crippen molar-refractivity contribution in [3.63, 3.8) is 0 Å². The standard InChI is InChI=1S/C14H27NO4S/c1-12-4-2-3-5-13(12)19-10-14(11-20(15,16)17)6-8-18-9-7-14/h12-13H,2-11H2,1H3,(H2,15,16,17). The van der Waals surface area contributed by atoms with Crippen molar-refractivity contribution in [1.29, 1.82) is 0 Å². The van der Waals surface area contributed by atoms with E-state index in [1.807, 2.05) is 0 Å². The second-order valence-electron chi connectivity index (χ2n) is 6.53. The van der Waals surface area contributed by atoms with E-state index in [-0.39, 0.29) is 17.3 Å². The second-order valence-corrected chi connectivity index (χ2v) is 8.15. The Balaban J connectivity index is 1.96. The van der Waals surface area contributed by atoms with Crippen molar-refractivity contribution in [3.05, 3.63) is 0 Å². The van der Waals surface area contributed by atoms with Crippen LogP contribution >= 0.6 is 0 Å². The van der Waals surface area contributed by atoms with Gasteiger partial charge in [0.15, 0.2) is 0 Å². The Morgan fingerprint density at radius 1 is 1.25 bits per heavy atom. The Morgan fingerprint density at radius 3 is 2.50 bits per heavy atom. The molecule has 0 amide bonds. The minimum Gasteiger partial charge on any atom is -0.381 e. The molecule has 0 aromatic carbocycles. The average Bonchev–Trinajstić information content (AvgIpc) is 2.37. The molecule has 1 aliphatic carbocycles. The van der Waals surface area contributed by atoms with Crippen LogP contribution in [-0.2, 0) is 19.5 Å². The highest BCUT2D eigenvalue weighted by molar-refractivity contribution is 7.89. The van der Waals surface area contributed by atoms with E-state index in [1.54, 1.807) is 0 Å². The largest absolute Gasteiger partial charge is 0.381 e. The summed E-state index contributed by atoms with van der Waals surface area (Å²) in [6.45, 7) is 3.90. The number of hydrogen-bond donors (Lipinski definition) is 1. The third-order valence-electron chi connectivity index (χ3n) is 4.70. The third-order valence-corrected chi connectivity index (χ3v) is 5.71. The normalized spacial score (nSPS) is 31.1. The van der Waals surface area contributed by atoms with Gasteiger partial charge in [-0.3, -0.25) is 0 Å². The average molecular weight is 305 g/mol. The van der Waals surface area contributed by atoms with Crippen LogP contribution in [0.15, 0.2) is 0 Å². The van der Waals surface area contributed by atoms with Crippen LogP contribution in [0.2, 0.25) is 0 Å². The second kappa shape index (κ2) is 6.73. The van der Waals surface area contributed by atoms with Crippen LogP contribution in [0, 0.1) is 11.3 Å². The van der Waals surface area contributed by atoms with Crippen molar-refractivity contribution >= 4 is 10.0 Å². The summed E-state index contributed by atoms with van der Waals surface area (Å²) >= 11 is 0. The smallest absolute Gasteiger partial charge is 0.209 e. The van der Waals surface area contributed by atoms with E-state index in [0.29, 0.717) is 38.6 Å². The van der Waals surface area contributed by atoms with E-state index in [0.717, 1.165) is 6.42 Å². The molecule has 1 aliphatic heterocycles. The van der Waals surface area contributed by atoms with Crippen molar-refractivity contribution < 1.29 is 17.9 Å². The van der Waals surface area contributed by atoms with Gasteiger partial charge < -0.3 is 9.47 Å². The maximum atomic E-state index is 11.5. The van der Waals surface area contributed by atoms with Gasteiger partial charge in [0.2, 0.25) is 10.0 Å². The summed E-state index contributed by atoms with van der Waals surface area (Å²) in [5.74, 6) is 0.569. The Morgan fingerprint density at radius 2 is 1.90 bits per heavy atom. The lowest BCUT2D eigenvalue weighted by atomic mass is 9.82. The molecule has 2 fully saturated rings. The number of nitrogens with two attached hydrogens (primary N) is 1. The SMILES string of the molecule is CC1CCCCC1OCC1(CS(N)(=O)=O)CCOCC1. The maximum absolute atomic E-state index is 11.5. The number of ether oxygens (including phenoxy) is 2. The van der Waals surface area contributed by atoms with Gasteiger partial charge in [0.05, 0.1) is 18.5 Å². The fourth-order valence-corrected chi connectivity index (χ4v) is 4.60. The van der Waals surface area contributed by atoms with Crippen molar-refractivity contribution in [1.82, 2.24) is 0 Å². The van der Waals surface area contributed by atoms with Gasteiger partial charge in [0, 0.05) is 18.6 Å². The summed E-state index contributed by atoms with van der Waals surface area (Å²) in [6.07, 6.45) is 6.47. The number of hydrogen-bond acceptors (Lipinski definition) is 4. The van der Waals surface area contributed by atoms with Gasteiger partial charge in [-0.1, -0.05) is 19.8 Å². The first-order valence-electron chi connectivity index (χ1n) is 7.60. The van der Waals surface area contributed by atoms with E-state index in [9.17, 15) is 8.42 Å². The van der Waals surface area contributed by atoms with Crippen LogP contribution in [0.1, 0.15) is 45.4 Å². The molecule has 2 aliphatic rings.